The third kappa shape index (κ3) is 5.94. The summed E-state index contributed by atoms with van der Waals surface area (Å²) in [6, 6.07) is 8.46. The van der Waals surface area contributed by atoms with Crippen LogP contribution in [0.5, 0.6) is 0 Å². The lowest BCUT2D eigenvalue weighted by atomic mass is 10.1. The number of rotatable bonds is 6. The zero-order valence-corrected chi connectivity index (χ0v) is 17.5. The summed E-state index contributed by atoms with van der Waals surface area (Å²) in [6.45, 7) is 1.58. The highest BCUT2D eigenvalue weighted by Gasteiger charge is 2.21. The molecule has 1 unspecified atom stereocenters. The van der Waals surface area contributed by atoms with Crippen molar-refractivity contribution in [3.63, 3.8) is 0 Å². The Kier molecular flexibility index (Phi) is 7.07. The second kappa shape index (κ2) is 8.69. The third-order valence-electron chi connectivity index (χ3n) is 3.53. The molecule has 0 radical (unpaired) electrons. The van der Waals surface area contributed by atoms with Gasteiger partial charge in [-0.3, -0.25) is 4.79 Å². The minimum Gasteiger partial charge on any atom is -0.349 e. The molecule has 0 bridgehead atoms. The molecule has 4 nitrogen and oxygen atoms in total. The van der Waals surface area contributed by atoms with Gasteiger partial charge in [0.2, 0.25) is 5.91 Å². The van der Waals surface area contributed by atoms with Crippen LogP contribution in [0, 0.1) is 5.82 Å². The zero-order valence-electron chi connectivity index (χ0n) is 13.6. The molecule has 2 rings (SSSR count). The standard InChI is InChI=1S/C17H15BrCl2FNO3S/c1-10(13-6-16(21)15(20)7-14(13)19)22-17(23)9-26(24,25)8-11-2-4-12(18)5-3-11/h2-7,10H,8-9H2,1H3,(H,22,23). The number of nitrogens with one attached hydrogen (secondary N) is 1. The van der Waals surface area contributed by atoms with E-state index in [4.69, 9.17) is 23.2 Å². The Labute approximate surface area is 169 Å². The van der Waals surface area contributed by atoms with Gasteiger partial charge in [-0.1, -0.05) is 51.3 Å². The number of hydrogen-bond donors (Lipinski definition) is 1. The van der Waals surface area contributed by atoms with E-state index in [-0.39, 0.29) is 15.8 Å². The average molecular weight is 483 g/mol. The number of hydrogen-bond acceptors (Lipinski definition) is 3. The van der Waals surface area contributed by atoms with Crippen LogP contribution in [0.25, 0.3) is 0 Å². The van der Waals surface area contributed by atoms with Crippen LogP contribution in [0.1, 0.15) is 24.1 Å². The van der Waals surface area contributed by atoms with E-state index in [1.807, 2.05) is 0 Å². The van der Waals surface area contributed by atoms with E-state index < -0.39 is 33.4 Å². The predicted octanol–water partition coefficient (Wildman–Crippen LogP) is 4.69. The molecule has 0 aliphatic rings. The molecular weight excluding hydrogens is 468 g/mol. The summed E-state index contributed by atoms with van der Waals surface area (Å²) in [4.78, 5) is 12.1. The minimum absolute atomic E-state index is 0.130. The molecule has 0 aliphatic heterocycles. The van der Waals surface area contributed by atoms with Crippen LogP contribution in [0.15, 0.2) is 40.9 Å². The molecule has 0 heterocycles. The quantitative estimate of drug-likeness (QED) is 0.607. The van der Waals surface area contributed by atoms with E-state index in [1.165, 1.54) is 6.07 Å². The Hall–Kier alpha value is -1.15. The predicted molar refractivity (Wildman–Crippen MR) is 105 cm³/mol. The molecule has 0 saturated carbocycles. The number of carbonyl (C=O) groups excluding carboxylic acids is 1. The molecule has 0 fully saturated rings. The molecule has 0 spiro atoms. The highest BCUT2D eigenvalue weighted by atomic mass is 79.9. The SMILES string of the molecule is CC(NC(=O)CS(=O)(=O)Cc1ccc(Br)cc1)c1cc(F)c(Cl)cc1Cl. The monoisotopic (exact) mass is 481 g/mol. The first-order valence-corrected chi connectivity index (χ1v) is 10.8. The van der Waals surface area contributed by atoms with Crippen LogP contribution in [-0.4, -0.2) is 20.1 Å². The first-order chi connectivity index (χ1) is 12.1. The molecule has 2 aromatic carbocycles. The maximum atomic E-state index is 13.6. The van der Waals surface area contributed by atoms with E-state index >= 15 is 0 Å². The lowest BCUT2D eigenvalue weighted by Gasteiger charge is -2.16. The van der Waals surface area contributed by atoms with E-state index in [1.54, 1.807) is 31.2 Å². The van der Waals surface area contributed by atoms with Crippen molar-refractivity contribution in [1.82, 2.24) is 5.32 Å². The van der Waals surface area contributed by atoms with Crippen molar-refractivity contribution in [3.8, 4) is 0 Å². The van der Waals surface area contributed by atoms with E-state index in [2.05, 4.69) is 21.2 Å². The maximum Gasteiger partial charge on any atom is 0.235 e. The van der Waals surface area contributed by atoms with E-state index in [0.29, 0.717) is 11.1 Å². The van der Waals surface area contributed by atoms with Gasteiger partial charge < -0.3 is 5.32 Å². The van der Waals surface area contributed by atoms with Crippen LogP contribution in [-0.2, 0) is 20.4 Å². The summed E-state index contributed by atoms with van der Waals surface area (Å²) in [7, 11) is -3.66. The number of amides is 1. The average Bonchev–Trinajstić information content (AvgIpc) is 2.52. The Morgan fingerprint density at radius 2 is 1.81 bits per heavy atom. The minimum atomic E-state index is -3.66. The third-order valence-corrected chi connectivity index (χ3v) is 6.16. The van der Waals surface area contributed by atoms with Crippen molar-refractivity contribution in [1.29, 1.82) is 0 Å². The fourth-order valence-electron chi connectivity index (χ4n) is 2.32. The van der Waals surface area contributed by atoms with Crippen molar-refractivity contribution in [2.45, 2.75) is 18.7 Å². The van der Waals surface area contributed by atoms with E-state index in [0.717, 1.165) is 10.5 Å². The number of carbonyl (C=O) groups is 1. The van der Waals surface area contributed by atoms with Gasteiger partial charge in [0.15, 0.2) is 9.84 Å². The fourth-order valence-corrected chi connectivity index (χ4v) is 4.41. The van der Waals surface area contributed by atoms with Crippen molar-refractivity contribution in [2.75, 3.05) is 5.75 Å². The zero-order chi connectivity index (χ0) is 19.5. The second-order valence-electron chi connectivity index (χ2n) is 5.74. The molecule has 140 valence electrons. The molecule has 1 atom stereocenters. The second-order valence-corrected chi connectivity index (χ2v) is 9.53. The van der Waals surface area contributed by atoms with Crippen LogP contribution in [0.2, 0.25) is 10.0 Å². The smallest absolute Gasteiger partial charge is 0.235 e. The van der Waals surface area contributed by atoms with Gasteiger partial charge >= 0.3 is 0 Å². The van der Waals surface area contributed by atoms with Crippen molar-refractivity contribution in [3.05, 3.63) is 67.9 Å². The molecule has 0 saturated heterocycles. The molecule has 0 aromatic heterocycles. The van der Waals surface area contributed by atoms with Gasteiger partial charge in [-0.15, -0.1) is 0 Å². The van der Waals surface area contributed by atoms with Crippen LogP contribution in [0.4, 0.5) is 4.39 Å². The fraction of sp³-hybridized carbons (Fsp3) is 0.235. The van der Waals surface area contributed by atoms with Gasteiger partial charge in [0.05, 0.1) is 16.8 Å². The first-order valence-electron chi connectivity index (χ1n) is 7.46. The lowest BCUT2D eigenvalue weighted by molar-refractivity contribution is -0.119. The molecular formula is C17H15BrCl2FNO3S. The Morgan fingerprint density at radius 3 is 2.42 bits per heavy atom. The molecule has 2 aromatic rings. The van der Waals surface area contributed by atoms with Crippen molar-refractivity contribution >= 4 is 54.9 Å². The van der Waals surface area contributed by atoms with Crippen LogP contribution < -0.4 is 5.32 Å². The molecule has 0 aliphatic carbocycles. The molecule has 9 heteroatoms. The number of halogens is 4. The van der Waals surface area contributed by atoms with Gasteiger partial charge in [-0.2, -0.15) is 0 Å². The van der Waals surface area contributed by atoms with Crippen LogP contribution >= 0.6 is 39.1 Å². The Bertz CT molecular complexity index is 920. The normalized spacial score (nSPS) is 12.7. The van der Waals surface area contributed by atoms with Gasteiger partial charge in [0.1, 0.15) is 11.6 Å². The summed E-state index contributed by atoms with van der Waals surface area (Å²) in [6.07, 6.45) is 0. The van der Waals surface area contributed by atoms with Crippen LogP contribution in [0.3, 0.4) is 0 Å². The largest absolute Gasteiger partial charge is 0.349 e. The maximum absolute atomic E-state index is 13.6. The summed E-state index contributed by atoms with van der Waals surface area (Å²) in [5.41, 5.74) is 0.893. The summed E-state index contributed by atoms with van der Waals surface area (Å²) in [5.74, 6) is -2.30. The highest BCUT2D eigenvalue weighted by Crippen LogP contribution is 2.28. The Balaban J connectivity index is 2.03. The molecule has 26 heavy (non-hydrogen) atoms. The molecule has 1 amide bonds. The topological polar surface area (TPSA) is 63.2 Å². The number of benzene rings is 2. The summed E-state index contributed by atoms with van der Waals surface area (Å²) < 4.78 is 38.8. The van der Waals surface area contributed by atoms with Crippen molar-refractivity contribution < 1.29 is 17.6 Å². The van der Waals surface area contributed by atoms with Gasteiger partial charge in [0.25, 0.3) is 0 Å². The first kappa shape index (κ1) is 21.2. The van der Waals surface area contributed by atoms with E-state index in [9.17, 15) is 17.6 Å². The Morgan fingerprint density at radius 1 is 1.19 bits per heavy atom. The molecule has 1 N–H and O–H groups in total. The summed E-state index contributed by atoms with van der Waals surface area (Å²) >= 11 is 14.9. The lowest BCUT2D eigenvalue weighted by Crippen LogP contribution is -2.33. The van der Waals surface area contributed by atoms with Crippen molar-refractivity contribution in [2.24, 2.45) is 0 Å². The number of sulfone groups is 1. The summed E-state index contributed by atoms with van der Waals surface area (Å²) in [5, 5.41) is 2.57. The van der Waals surface area contributed by atoms with Gasteiger partial charge in [-0.25, -0.2) is 12.8 Å². The van der Waals surface area contributed by atoms with Gasteiger partial charge in [-0.05, 0) is 42.3 Å². The highest BCUT2D eigenvalue weighted by molar-refractivity contribution is 9.10. The van der Waals surface area contributed by atoms with Gasteiger partial charge in [0, 0.05) is 9.50 Å².